The van der Waals surface area contributed by atoms with Crippen molar-refractivity contribution in [1.29, 1.82) is 0 Å². The van der Waals surface area contributed by atoms with Crippen LogP contribution in [0.2, 0.25) is 0 Å². The van der Waals surface area contributed by atoms with Gasteiger partial charge in [0.1, 0.15) is 0 Å². The van der Waals surface area contributed by atoms with Crippen molar-refractivity contribution in [2.24, 2.45) is 11.8 Å². The van der Waals surface area contributed by atoms with Crippen molar-refractivity contribution in [1.82, 2.24) is 0 Å². The molecule has 0 bridgehead atoms. The monoisotopic (exact) mass is 302 g/mol. The van der Waals surface area contributed by atoms with Crippen LogP contribution in [-0.2, 0) is 13.6 Å². The molecule has 0 heterocycles. The second kappa shape index (κ2) is 8.56. The minimum atomic E-state index is -2.84. The van der Waals surface area contributed by atoms with Gasteiger partial charge < -0.3 is 9.05 Å². The Labute approximate surface area is 124 Å². The lowest BCUT2D eigenvalue weighted by molar-refractivity contribution is 0.161. The van der Waals surface area contributed by atoms with Gasteiger partial charge in [0.2, 0.25) is 0 Å². The summed E-state index contributed by atoms with van der Waals surface area (Å²) in [5.74, 6) is 1.22. The Hall–Kier alpha value is 0.150. The molecule has 2 rings (SSSR count). The Bertz CT molecular complexity index is 283. The molecular formula is C16H31O3P. The van der Waals surface area contributed by atoms with E-state index in [1.165, 1.54) is 51.4 Å². The highest BCUT2D eigenvalue weighted by Gasteiger charge is 2.28. The van der Waals surface area contributed by atoms with E-state index in [9.17, 15) is 4.57 Å². The fourth-order valence-electron chi connectivity index (χ4n) is 3.31. The molecule has 2 saturated carbocycles. The van der Waals surface area contributed by atoms with Crippen LogP contribution in [0.15, 0.2) is 0 Å². The summed E-state index contributed by atoms with van der Waals surface area (Å²) >= 11 is 0. The molecule has 0 unspecified atom stereocenters. The summed E-state index contributed by atoms with van der Waals surface area (Å²) in [6, 6.07) is 0. The van der Waals surface area contributed by atoms with Crippen LogP contribution in [0.4, 0.5) is 0 Å². The summed E-state index contributed by atoms with van der Waals surface area (Å²) in [5, 5.41) is 0. The Morgan fingerprint density at radius 3 is 1.75 bits per heavy atom. The van der Waals surface area contributed by atoms with Gasteiger partial charge in [0.25, 0.3) is 0 Å². The van der Waals surface area contributed by atoms with Crippen LogP contribution in [0.5, 0.6) is 0 Å². The average Bonchev–Trinajstić information content (AvgIpc) is 3.14. The standard InChI is InChI=1S/C16H31O3P/c1-2-3-12-20(17,18-13-15-8-4-5-9-15)19-14-16-10-6-7-11-16/h15-16H,2-14H2,1H3. The van der Waals surface area contributed by atoms with Gasteiger partial charge in [0.15, 0.2) is 0 Å². The van der Waals surface area contributed by atoms with Crippen molar-refractivity contribution in [3.63, 3.8) is 0 Å². The van der Waals surface area contributed by atoms with E-state index in [-0.39, 0.29) is 0 Å². The van der Waals surface area contributed by atoms with E-state index >= 15 is 0 Å². The lowest BCUT2D eigenvalue weighted by atomic mass is 10.1. The summed E-state index contributed by atoms with van der Waals surface area (Å²) in [4.78, 5) is 0. The maximum absolute atomic E-state index is 12.8. The predicted octanol–water partition coefficient (Wildman–Crippen LogP) is 5.39. The zero-order chi connectivity index (χ0) is 14.3. The zero-order valence-corrected chi connectivity index (χ0v) is 13.9. The summed E-state index contributed by atoms with van der Waals surface area (Å²) in [6.07, 6.45) is 12.7. The SMILES string of the molecule is CCCCP(=O)(OCC1CCCC1)OCC1CCCC1. The second-order valence-corrected chi connectivity index (χ2v) is 8.77. The van der Waals surface area contributed by atoms with Gasteiger partial charge in [-0.15, -0.1) is 0 Å². The van der Waals surface area contributed by atoms with Crippen LogP contribution in [0.25, 0.3) is 0 Å². The van der Waals surface area contributed by atoms with E-state index in [0.717, 1.165) is 12.8 Å². The van der Waals surface area contributed by atoms with E-state index < -0.39 is 7.60 Å². The fraction of sp³-hybridized carbons (Fsp3) is 1.00. The van der Waals surface area contributed by atoms with E-state index in [2.05, 4.69) is 6.92 Å². The Morgan fingerprint density at radius 1 is 0.900 bits per heavy atom. The zero-order valence-electron chi connectivity index (χ0n) is 13.0. The van der Waals surface area contributed by atoms with Crippen LogP contribution in [0.3, 0.4) is 0 Å². The highest BCUT2D eigenvalue weighted by Crippen LogP contribution is 2.51. The topological polar surface area (TPSA) is 35.5 Å². The highest BCUT2D eigenvalue weighted by molar-refractivity contribution is 7.53. The van der Waals surface area contributed by atoms with Gasteiger partial charge in [-0.2, -0.15) is 0 Å². The lowest BCUT2D eigenvalue weighted by Crippen LogP contribution is -2.11. The molecule has 0 aromatic rings. The molecule has 118 valence electrons. The van der Waals surface area contributed by atoms with Gasteiger partial charge in [0.05, 0.1) is 19.4 Å². The van der Waals surface area contributed by atoms with Crippen molar-refractivity contribution < 1.29 is 13.6 Å². The van der Waals surface area contributed by atoms with E-state index in [1.54, 1.807) is 0 Å². The maximum Gasteiger partial charge on any atom is 0.330 e. The highest BCUT2D eigenvalue weighted by atomic mass is 31.2. The van der Waals surface area contributed by atoms with Crippen molar-refractivity contribution in [2.75, 3.05) is 19.4 Å². The van der Waals surface area contributed by atoms with E-state index in [4.69, 9.17) is 9.05 Å². The first kappa shape index (κ1) is 16.5. The molecule has 0 aromatic heterocycles. The number of rotatable bonds is 9. The number of hydrogen-bond donors (Lipinski definition) is 0. The predicted molar refractivity (Wildman–Crippen MR) is 83.2 cm³/mol. The molecule has 0 radical (unpaired) electrons. The van der Waals surface area contributed by atoms with Gasteiger partial charge in [-0.1, -0.05) is 39.0 Å². The number of unbranched alkanes of at least 4 members (excludes halogenated alkanes) is 1. The van der Waals surface area contributed by atoms with Crippen LogP contribution in [0.1, 0.15) is 71.1 Å². The molecule has 0 saturated heterocycles. The molecule has 20 heavy (non-hydrogen) atoms. The van der Waals surface area contributed by atoms with Crippen molar-refractivity contribution >= 4 is 7.60 Å². The van der Waals surface area contributed by atoms with Gasteiger partial charge >= 0.3 is 7.60 Å². The minimum Gasteiger partial charge on any atom is -0.308 e. The Balaban J connectivity index is 1.77. The fourth-order valence-corrected chi connectivity index (χ4v) is 5.22. The quantitative estimate of drug-likeness (QED) is 0.535. The maximum atomic E-state index is 12.8. The summed E-state index contributed by atoms with van der Waals surface area (Å²) in [7, 11) is -2.84. The number of hydrogen-bond acceptors (Lipinski definition) is 3. The first-order valence-corrected chi connectivity index (χ1v) is 10.3. The second-order valence-electron chi connectivity index (χ2n) is 6.58. The third-order valence-corrected chi connectivity index (χ3v) is 6.70. The van der Waals surface area contributed by atoms with E-state index in [1.807, 2.05) is 0 Å². The molecule has 2 aliphatic rings. The van der Waals surface area contributed by atoms with Crippen molar-refractivity contribution in [2.45, 2.75) is 71.1 Å². The molecule has 2 aliphatic carbocycles. The van der Waals surface area contributed by atoms with Crippen LogP contribution in [-0.4, -0.2) is 19.4 Å². The van der Waals surface area contributed by atoms with Gasteiger partial charge in [-0.05, 0) is 43.9 Å². The van der Waals surface area contributed by atoms with Crippen LogP contribution in [0, 0.1) is 11.8 Å². The summed E-state index contributed by atoms with van der Waals surface area (Å²) in [5.41, 5.74) is 0. The van der Waals surface area contributed by atoms with Crippen LogP contribution < -0.4 is 0 Å². The van der Waals surface area contributed by atoms with Crippen LogP contribution >= 0.6 is 7.60 Å². The Morgan fingerprint density at radius 2 is 1.35 bits per heavy atom. The van der Waals surface area contributed by atoms with E-state index in [0.29, 0.717) is 31.2 Å². The lowest BCUT2D eigenvalue weighted by Gasteiger charge is -2.22. The average molecular weight is 302 g/mol. The molecule has 2 fully saturated rings. The largest absolute Gasteiger partial charge is 0.330 e. The molecule has 0 aliphatic heterocycles. The molecule has 0 N–H and O–H groups in total. The molecule has 3 nitrogen and oxygen atoms in total. The Kier molecular flexibility index (Phi) is 7.07. The molecule has 4 heteroatoms. The first-order chi connectivity index (χ1) is 9.72. The third-order valence-electron chi connectivity index (χ3n) is 4.75. The molecular weight excluding hydrogens is 271 g/mol. The third kappa shape index (κ3) is 5.50. The van der Waals surface area contributed by atoms with Gasteiger partial charge in [0, 0.05) is 0 Å². The molecule has 0 spiro atoms. The normalized spacial score (nSPS) is 21.9. The summed E-state index contributed by atoms with van der Waals surface area (Å²) in [6.45, 7) is 3.41. The molecule has 0 aromatic carbocycles. The summed E-state index contributed by atoms with van der Waals surface area (Å²) < 4.78 is 24.5. The van der Waals surface area contributed by atoms with Crippen molar-refractivity contribution in [3.8, 4) is 0 Å². The minimum absolute atomic E-state index is 0.600. The first-order valence-electron chi connectivity index (χ1n) is 8.60. The van der Waals surface area contributed by atoms with Crippen molar-refractivity contribution in [3.05, 3.63) is 0 Å². The van der Waals surface area contributed by atoms with Gasteiger partial charge in [-0.25, -0.2) is 0 Å². The molecule has 0 atom stereocenters. The molecule has 0 amide bonds. The smallest absolute Gasteiger partial charge is 0.308 e. The van der Waals surface area contributed by atoms with Gasteiger partial charge in [-0.3, -0.25) is 4.57 Å².